The van der Waals surface area contributed by atoms with Crippen LogP contribution in [0, 0.1) is 5.92 Å². The summed E-state index contributed by atoms with van der Waals surface area (Å²) < 4.78 is 0. The number of nitrogens with one attached hydrogen (secondary N) is 1. The molecule has 0 fully saturated rings. The Morgan fingerprint density at radius 2 is 1.46 bits per heavy atom. The maximum Gasteiger partial charge on any atom is 0.320 e. The Morgan fingerprint density at radius 1 is 0.885 bits per heavy atom. The summed E-state index contributed by atoms with van der Waals surface area (Å²) in [7, 11) is 0. The molecule has 10 nitrogen and oxygen atoms in total. The number of hydrogen-bond acceptors (Lipinski definition) is 6. The zero-order valence-electron chi connectivity index (χ0n) is 13.9. The fourth-order valence-corrected chi connectivity index (χ4v) is 2.06. The van der Waals surface area contributed by atoms with Crippen molar-refractivity contribution < 1.29 is 39.6 Å². The third-order valence-electron chi connectivity index (χ3n) is 3.09. The minimum absolute atomic E-state index is 0.0710. The minimum Gasteiger partial charge on any atom is -0.481 e. The van der Waals surface area contributed by atoms with Crippen LogP contribution in [0.25, 0.3) is 0 Å². The van der Waals surface area contributed by atoms with Crippen molar-refractivity contribution in [2.75, 3.05) is 18.3 Å². The Morgan fingerprint density at radius 3 is 1.81 bits per heavy atom. The molecule has 0 saturated carbocycles. The maximum atomic E-state index is 10.5. The van der Waals surface area contributed by atoms with Gasteiger partial charge in [0.25, 0.3) is 0 Å². The van der Waals surface area contributed by atoms with E-state index >= 15 is 0 Å². The second-order valence-electron chi connectivity index (χ2n) is 5.16. The Bertz CT molecular complexity index is 464. The van der Waals surface area contributed by atoms with Gasteiger partial charge in [-0.05, 0) is 19.3 Å². The van der Waals surface area contributed by atoms with Gasteiger partial charge in [-0.3, -0.25) is 19.2 Å². The molecule has 0 aliphatic heterocycles. The van der Waals surface area contributed by atoms with Crippen LogP contribution in [-0.4, -0.2) is 74.7 Å². The lowest BCUT2D eigenvalue weighted by molar-refractivity contribution is -0.144. The van der Waals surface area contributed by atoms with Gasteiger partial charge in [-0.1, -0.05) is 0 Å². The van der Waals surface area contributed by atoms with E-state index in [1.807, 2.05) is 0 Å². The van der Waals surface area contributed by atoms with E-state index in [2.05, 4.69) is 5.32 Å². The Labute approximate surface area is 160 Å². The second kappa shape index (κ2) is 15.6. The van der Waals surface area contributed by atoms with Gasteiger partial charge < -0.3 is 31.5 Å². The van der Waals surface area contributed by atoms with Crippen molar-refractivity contribution >= 4 is 47.1 Å². The molecule has 0 rings (SSSR count). The third-order valence-corrected chi connectivity index (χ3v) is 3.50. The molecule has 0 amide bonds. The number of carboxylic acid groups (broad SMARTS) is 4. The van der Waals surface area contributed by atoms with E-state index in [-0.39, 0.29) is 31.6 Å². The van der Waals surface area contributed by atoms with Gasteiger partial charge in [0.1, 0.15) is 12.1 Å². The molecule has 152 valence electrons. The Kier molecular flexibility index (Phi) is 16.0. The third kappa shape index (κ3) is 14.7. The number of aliphatic carboxylic acids is 4. The first-order valence-corrected chi connectivity index (χ1v) is 8.64. The van der Waals surface area contributed by atoms with Crippen LogP contribution in [0.3, 0.4) is 0 Å². The van der Waals surface area contributed by atoms with Gasteiger partial charge >= 0.3 is 23.9 Å². The normalized spacial score (nSPS) is 13.7. The summed E-state index contributed by atoms with van der Waals surface area (Å²) in [6, 6.07) is -1.96. The van der Waals surface area contributed by atoms with Crippen LogP contribution in [0.5, 0.6) is 0 Å². The fourth-order valence-electron chi connectivity index (χ4n) is 1.69. The van der Waals surface area contributed by atoms with E-state index in [9.17, 15) is 19.2 Å². The molecule has 3 atom stereocenters. The highest BCUT2D eigenvalue weighted by atomic mass is 35.5. The van der Waals surface area contributed by atoms with Gasteiger partial charge in [0.15, 0.2) is 0 Å². The van der Waals surface area contributed by atoms with E-state index in [0.717, 1.165) is 0 Å². The summed E-state index contributed by atoms with van der Waals surface area (Å²) in [4.78, 5) is 41.5. The lowest BCUT2D eigenvalue weighted by atomic mass is 9.98. The fraction of sp³-hybridized carbons (Fsp3) is 0.714. The maximum absolute atomic E-state index is 10.5. The van der Waals surface area contributed by atoms with Crippen LogP contribution >= 0.6 is 23.2 Å². The van der Waals surface area contributed by atoms with E-state index in [1.54, 1.807) is 0 Å². The van der Waals surface area contributed by atoms with Crippen molar-refractivity contribution in [3.63, 3.8) is 0 Å². The summed E-state index contributed by atoms with van der Waals surface area (Å²) in [5.41, 5.74) is 5.18. The Balaban J connectivity index is 0. The predicted octanol–water partition coefficient (Wildman–Crippen LogP) is 0.251. The summed E-state index contributed by atoms with van der Waals surface area (Å²) >= 11 is 10.7. The second-order valence-corrected chi connectivity index (χ2v) is 5.92. The average molecular weight is 419 g/mol. The molecular formula is C14H24Cl2N2O8. The van der Waals surface area contributed by atoms with Crippen LogP contribution < -0.4 is 11.1 Å². The Hall–Kier alpha value is -1.62. The molecule has 0 aliphatic carbocycles. The lowest BCUT2D eigenvalue weighted by Crippen LogP contribution is -2.38. The number of alkyl halides is 2. The molecule has 0 bridgehead atoms. The van der Waals surface area contributed by atoms with Crippen molar-refractivity contribution in [1.29, 1.82) is 0 Å². The molecule has 0 aliphatic rings. The quantitative estimate of drug-likeness (QED) is 0.226. The molecule has 7 N–H and O–H groups in total. The minimum atomic E-state index is -1.19. The van der Waals surface area contributed by atoms with E-state index in [1.165, 1.54) is 0 Å². The zero-order valence-corrected chi connectivity index (χ0v) is 15.4. The van der Waals surface area contributed by atoms with E-state index in [4.69, 9.17) is 49.4 Å². The van der Waals surface area contributed by atoms with Crippen LogP contribution in [0.2, 0.25) is 0 Å². The number of carbonyl (C=O) groups is 4. The van der Waals surface area contributed by atoms with Crippen molar-refractivity contribution in [2.24, 2.45) is 11.7 Å². The number of hydrogen-bond donors (Lipinski definition) is 6. The van der Waals surface area contributed by atoms with Crippen LogP contribution in [0.4, 0.5) is 0 Å². The average Bonchev–Trinajstić information content (AvgIpc) is 2.54. The number of nitrogens with two attached hydrogens (primary N) is 1. The highest BCUT2D eigenvalue weighted by molar-refractivity contribution is 6.18. The van der Waals surface area contributed by atoms with Gasteiger partial charge in [-0.15, -0.1) is 23.2 Å². The van der Waals surface area contributed by atoms with Crippen LogP contribution in [-0.2, 0) is 19.2 Å². The van der Waals surface area contributed by atoms with Gasteiger partial charge in [0.05, 0.1) is 5.92 Å². The number of rotatable bonds is 13. The van der Waals surface area contributed by atoms with Gasteiger partial charge in [0.2, 0.25) is 0 Å². The first-order valence-electron chi connectivity index (χ1n) is 7.57. The predicted molar refractivity (Wildman–Crippen MR) is 93.7 cm³/mol. The van der Waals surface area contributed by atoms with Crippen LogP contribution in [0.1, 0.15) is 25.7 Å². The van der Waals surface area contributed by atoms with Crippen molar-refractivity contribution in [3.8, 4) is 0 Å². The summed E-state index contributed by atoms with van der Waals surface area (Å²) in [5, 5.41) is 36.6. The molecule has 0 saturated heterocycles. The highest BCUT2D eigenvalue weighted by Gasteiger charge is 2.23. The van der Waals surface area contributed by atoms with Crippen molar-refractivity contribution in [2.45, 2.75) is 37.8 Å². The molecular weight excluding hydrogens is 395 g/mol. The number of carboxylic acids is 4. The molecule has 26 heavy (non-hydrogen) atoms. The molecule has 0 aromatic heterocycles. The zero-order chi connectivity index (χ0) is 20.7. The first-order chi connectivity index (χ1) is 12.1. The monoisotopic (exact) mass is 418 g/mol. The lowest BCUT2D eigenvalue weighted by Gasteiger charge is -2.12. The largest absolute Gasteiger partial charge is 0.481 e. The first kappa shape index (κ1) is 26.6. The molecule has 0 radical (unpaired) electrons. The summed E-state index contributed by atoms with van der Waals surface area (Å²) in [6.45, 7) is 0.359. The number of halogens is 2. The van der Waals surface area contributed by atoms with Crippen molar-refractivity contribution in [1.82, 2.24) is 5.32 Å². The smallest absolute Gasteiger partial charge is 0.320 e. The van der Waals surface area contributed by atoms with Crippen LogP contribution in [0.15, 0.2) is 0 Å². The van der Waals surface area contributed by atoms with Gasteiger partial charge in [0, 0.05) is 24.7 Å². The van der Waals surface area contributed by atoms with E-state index < -0.39 is 41.9 Å². The molecule has 0 aromatic rings. The van der Waals surface area contributed by atoms with Crippen molar-refractivity contribution in [3.05, 3.63) is 0 Å². The molecule has 0 spiro atoms. The summed E-state index contributed by atoms with van der Waals surface area (Å²) in [6.07, 6.45) is 0.0586. The van der Waals surface area contributed by atoms with Gasteiger partial charge in [-0.2, -0.15) is 0 Å². The molecule has 0 aromatic carbocycles. The van der Waals surface area contributed by atoms with E-state index in [0.29, 0.717) is 12.4 Å². The molecule has 0 heterocycles. The summed E-state index contributed by atoms with van der Waals surface area (Å²) in [5.74, 6) is -4.59. The molecule has 3 unspecified atom stereocenters. The SMILES string of the molecule is NC(CC(CCCl)C(=O)O)C(=O)O.O=C(O)CCC(NCCCl)C(=O)O. The highest BCUT2D eigenvalue weighted by Crippen LogP contribution is 2.12. The molecule has 12 heteroatoms. The standard InChI is InChI=1S/2C7H12ClNO4/c8-3-4-9-5(7(12)13)1-2-6(10)11;8-2-1-4(6(10)11)3-5(9)7(12)13/h5,9H,1-4H2,(H,10,11)(H,12,13);4-5H,1-3,9H2,(H,10,11)(H,12,13). The topological polar surface area (TPSA) is 187 Å². The van der Waals surface area contributed by atoms with Gasteiger partial charge in [-0.25, -0.2) is 0 Å².